The normalized spacial score (nSPS) is 13.7. The highest BCUT2D eigenvalue weighted by Gasteiger charge is 2.43. The lowest BCUT2D eigenvalue weighted by Crippen LogP contribution is -2.65. The summed E-state index contributed by atoms with van der Waals surface area (Å²) < 4.78 is 51.2. The van der Waals surface area contributed by atoms with E-state index >= 15 is 0 Å². The van der Waals surface area contributed by atoms with Gasteiger partial charge in [-0.15, -0.1) is 0 Å². The molecule has 1 unspecified atom stereocenters. The molecule has 184 valence electrons. The molecule has 3 amide bonds. The fourth-order valence-electron chi connectivity index (χ4n) is 2.54. The van der Waals surface area contributed by atoms with Crippen molar-refractivity contribution in [2.45, 2.75) is 11.7 Å². The molecule has 0 fully saturated rings. The van der Waals surface area contributed by atoms with Crippen LogP contribution in [0.2, 0.25) is 0 Å². The van der Waals surface area contributed by atoms with Crippen LogP contribution in [0.15, 0.2) is 41.1 Å². The van der Waals surface area contributed by atoms with E-state index in [2.05, 4.69) is 26.5 Å². The van der Waals surface area contributed by atoms with Gasteiger partial charge in [0, 0.05) is 13.3 Å². The minimum Gasteiger partial charge on any atom is -0.377 e. The fourth-order valence-corrected chi connectivity index (χ4v) is 2.54. The number of benzene rings is 1. The van der Waals surface area contributed by atoms with Crippen LogP contribution in [0.3, 0.4) is 0 Å². The molecule has 0 aliphatic rings. The molecular weight excluding hydrogens is 464 g/mol. The maximum Gasteiger partial charge on any atom is 0.405 e. The first kappa shape index (κ1) is 27.7. The number of rotatable bonds is 13. The molecule has 0 saturated carbocycles. The van der Waals surface area contributed by atoms with Crippen molar-refractivity contribution in [1.29, 1.82) is 10.8 Å². The molecule has 0 spiro atoms. The Bertz CT molecular complexity index is 963. The molecule has 1 atom stereocenters. The topological polar surface area (TPSA) is 171 Å². The number of hydrazone groups is 1. The summed E-state index contributed by atoms with van der Waals surface area (Å²) in [7, 11) is 1.15. The Morgan fingerprint density at radius 2 is 1.74 bits per heavy atom. The average Bonchev–Trinajstić information content (AvgIpc) is 2.80. The summed E-state index contributed by atoms with van der Waals surface area (Å²) in [5.41, 5.74) is -0.620. The van der Waals surface area contributed by atoms with Crippen molar-refractivity contribution < 1.29 is 31.9 Å². The lowest BCUT2D eigenvalue weighted by molar-refractivity contribution is -0.131. The van der Waals surface area contributed by atoms with Crippen molar-refractivity contribution in [2.75, 3.05) is 25.6 Å². The fraction of sp³-hybridized carbons (Fsp3) is 0.263. The van der Waals surface area contributed by atoms with E-state index in [4.69, 9.17) is 10.8 Å². The highest BCUT2D eigenvalue weighted by Crippen LogP contribution is 2.18. The van der Waals surface area contributed by atoms with E-state index in [9.17, 15) is 31.9 Å². The molecule has 15 heteroatoms. The van der Waals surface area contributed by atoms with E-state index in [1.165, 1.54) is 12.1 Å². The van der Waals surface area contributed by atoms with Crippen LogP contribution in [0.4, 0.5) is 23.2 Å². The van der Waals surface area contributed by atoms with Crippen LogP contribution >= 0.6 is 0 Å². The molecule has 0 heterocycles. The summed E-state index contributed by atoms with van der Waals surface area (Å²) in [6.07, 6.45) is -2.72. The number of carbonyl (C=O) groups excluding carboxylic acids is 3. The summed E-state index contributed by atoms with van der Waals surface area (Å²) in [5.74, 6) is -2.56. The number of nitrogens with zero attached hydrogens (tertiary/aromatic N) is 1. The quantitative estimate of drug-likeness (QED) is 0.0917. The second kappa shape index (κ2) is 12.7. The van der Waals surface area contributed by atoms with Crippen molar-refractivity contribution in [2.24, 2.45) is 5.10 Å². The number of anilines is 1. The number of hydrogen-bond donors (Lipinski definition) is 7. The zero-order valence-corrected chi connectivity index (χ0v) is 17.7. The summed E-state index contributed by atoms with van der Waals surface area (Å²) in [5, 5.41) is 26.7. The van der Waals surface area contributed by atoms with E-state index in [-0.39, 0.29) is 12.1 Å². The molecule has 0 aromatic heterocycles. The van der Waals surface area contributed by atoms with E-state index in [1.54, 1.807) is 0 Å². The first-order valence-electron chi connectivity index (χ1n) is 9.36. The molecule has 11 nitrogen and oxygen atoms in total. The minimum atomic E-state index is -4.70. The molecule has 7 N–H and O–H groups in total. The molecule has 0 aliphatic carbocycles. The Labute approximate surface area is 191 Å². The van der Waals surface area contributed by atoms with Gasteiger partial charge >= 0.3 is 6.18 Å². The van der Waals surface area contributed by atoms with Crippen LogP contribution in [-0.4, -0.2) is 68.2 Å². The van der Waals surface area contributed by atoms with Gasteiger partial charge in [0.1, 0.15) is 12.4 Å². The molecule has 0 aliphatic heterocycles. The molecule has 34 heavy (non-hydrogen) atoms. The average molecular weight is 486 g/mol. The van der Waals surface area contributed by atoms with Gasteiger partial charge in [-0.3, -0.25) is 19.8 Å². The zero-order valence-electron chi connectivity index (χ0n) is 17.7. The summed E-state index contributed by atoms with van der Waals surface area (Å²) >= 11 is 0. The molecule has 0 radical (unpaired) electrons. The maximum absolute atomic E-state index is 13.0. The minimum absolute atomic E-state index is 0.0379. The third kappa shape index (κ3) is 7.99. The van der Waals surface area contributed by atoms with Gasteiger partial charge in [-0.05, 0) is 30.3 Å². The van der Waals surface area contributed by atoms with Crippen molar-refractivity contribution in [1.82, 2.24) is 21.3 Å². The molecular formula is C19H22F4N8O3. The Morgan fingerprint density at radius 1 is 1.09 bits per heavy atom. The number of nitrogens with one attached hydrogen (secondary N) is 7. The van der Waals surface area contributed by atoms with Crippen molar-refractivity contribution >= 4 is 42.1 Å². The third-order valence-corrected chi connectivity index (χ3v) is 4.14. The van der Waals surface area contributed by atoms with Gasteiger partial charge in [0.05, 0.1) is 24.1 Å². The number of halogens is 4. The highest BCUT2D eigenvalue weighted by molar-refractivity contribution is 6.60. The predicted octanol–water partition coefficient (Wildman–Crippen LogP) is 0.276. The van der Waals surface area contributed by atoms with Crippen LogP contribution in [0, 0.1) is 16.6 Å². The Hall–Kier alpha value is -4.30. The van der Waals surface area contributed by atoms with Crippen molar-refractivity contribution in [3.05, 3.63) is 41.9 Å². The third-order valence-electron chi connectivity index (χ3n) is 4.14. The van der Waals surface area contributed by atoms with Crippen LogP contribution in [0.25, 0.3) is 0 Å². The molecule has 0 bridgehead atoms. The van der Waals surface area contributed by atoms with E-state index < -0.39 is 53.8 Å². The van der Waals surface area contributed by atoms with E-state index in [0.717, 1.165) is 25.3 Å². The summed E-state index contributed by atoms with van der Waals surface area (Å²) in [4.78, 5) is 36.4. The SMILES string of the molecule is CNC(=O)C(CNC(=O)/C(C=N)=N/Nc1ccc(F)cc1)(NC=O)/C(=C/C=N)NCC(F)(F)F. The van der Waals surface area contributed by atoms with Gasteiger partial charge in [-0.1, -0.05) is 0 Å². The number of amides is 3. The van der Waals surface area contributed by atoms with Gasteiger partial charge in [0.2, 0.25) is 6.41 Å². The molecule has 0 saturated heterocycles. The number of alkyl halides is 3. The smallest absolute Gasteiger partial charge is 0.377 e. The van der Waals surface area contributed by atoms with Crippen LogP contribution in [0.1, 0.15) is 0 Å². The van der Waals surface area contributed by atoms with Crippen molar-refractivity contribution in [3.63, 3.8) is 0 Å². The Balaban J connectivity index is 3.20. The van der Waals surface area contributed by atoms with Crippen LogP contribution in [0.5, 0.6) is 0 Å². The standard InChI is InChI=1S/C19H22F4N8O3/c1-26-17(34)18(29-11-32,15(6-7-24)27-10-19(21,22)23)9-28-16(33)14(8-25)31-30-13-4-2-12(20)3-5-13/h2-8,11,24-25,27,30H,9-10H2,1H3,(H,26,34)(H,28,33)(H,29,32)/b15-6-,24-7?,25-8?,31-14+. The first-order chi connectivity index (χ1) is 16.0. The molecule has 1 aromatic carbocycles. The second-order valence-electron chi connectivity index (χ2n) is 6.41. The van der Waals surface area contributed by atoms with E-state index in [0.29, 0.717) is 12.4 Å². The number of likely N-dealkylation sites (N-methyl/N-ethyl adjacent to an activating group) is 1. The largest absolute Gasteiger partial charge is 0.405 e. The lowest BCUT2D eigenvalue weighted by atomic mass is 9.92. The highest BCUT2D eigenvalue weighted by atomic mass is 19.4. The number of hydrogen-bond acceptors (Lipinski definition) is 8. The summed E-state index contributed by atoms with van der Waals surface area (Å²) in [6.45, 7) is -2.38. The van der Waals surface area contributed by atoms with Gasteiger partial charge in [0.15, 0.2) is 11.3 Å². The number of allylic oxidation sites excluding steroid dienone is 1. The van der Waals surface area contributed by atoms with Crippen LogP contribution < -0.4 is 26.7 Å². The number of carbonyl (C=O) groups is 3. The lowest BCUT2D eigenvalue weighted by Gasteiger charge is -2.34. The van der Waals surface area contributed by atoms with Crippen molar-refractivity contribution in [3.8, 4) is 0 Å². The Morgan fingerprint density at radius 3 is 2.24 bits per heavy atom. The first-order valence-corrected chi connectivity index (χ1v) is 9.36. The van der Waals surface area contributed by atoms with Crippen LogP contribution in [-0.2, 0) is 14.4 Å². The molecule has 1 rings (SSSR count). The van der Waals surface area contributed by atoms with Gasteiger partial charge in [-0.2, -0.15) is 18.3 Å². The predicted molar refractivity (Wildman–Crippen MR) is 116 cm³/mol. The summed E-state index contributed by atoms with van der Waals surface area (Å²) in [6, 6.07) is 4.86. The van der Waals surface area contributed by atoms with Gasteiger partial charge in [0.25, 0.3) is 11.8 Å². The van der Waals surface area contributed by atoms with Gasteiger partial charge < -0.3 is 32.1 Å². The van der Waals surface area contributed by atoms with Gasteiger partial charge in [-0.25, -0.2) is 4.39 Å². The monoisotopic (exact) mass is 486 g/mol. The Kier molecular flexibility index (Phi) is 10.3. The zero-order chi connectivity index (χ0) is 25.8. The maximum atomic E-state index is 13.0. The molecule has 1 aromatic rings. The second-order valence-corrected chi connectivity index (χ2v) is 6.41. The van der Waals surface area contributed by atoms with E-state index in [1.807, 2.05) is 5.32 Å².